The second-order valence-electron chi connectivity index (χ2n) is 6.11. The van der Waals surface area contributed by atoms with Crippen LogP contribution >= 0.6 is 11.6 Å². The molecule has 2 amide bonds. The van der Waals surface area contributed by atoms with E-state index in [1.165, 1.54) is 36.4 Å². The summed E-state index contributed by atoms with van der Waals surface area (Å²) in [6, 6.07) is 9.70. The number of nitrogens with zero attached hydrogens (tertiary/aromatic N) is 2. The van der Waals surface area contributed by atoms with Crippen molar-refractivity contribution < 1.29 is 18.4 Å². The normalized spacial score (nSPS) is 14.4. The van der Waals surface area contributed by atoms with Crippen LogP contribution in [-0.2, 0) is 11.2 Å². The van der Waals surface area contributed by atoms with Crippen LogP contribution in [0.3, 0.4) is 0 Å². The van der Waals surface area contributed by atoms with Crippen LogP contribution in [0.15, 0.2) is 42.5 Å². The van der Waals surface area contributed by atoms with Gasteiger partial charge in [-0.25, -0.2) is 8.78 Å². The maximum atomic E-state index is 13.5. The molecule has 7 heteroatoms. The third kappa shape index (κ3) is 4.19. The van der Waals surface area contributed by atoms with Crippen molar-refractivity contribution in [1.29, 1.82) is 0 Å². The number of piperazine rings is 1. The van der Waals surface area contributed by atoms with Crippen LogP contribution in [0.2, 0.25) is 5.02 Å². The molecule has 1 aliphatic rings. The summed E-state index contributed by atoms with van der Waals surface area (Å²) in [7, 11) is 0. The maximum absolute atomic E-state index is 13.5. The molecule has 1 aliphatic heterocycles. The summed E-state index contributed by atoms with van der Waals surface area (Å²) in [5, 5.41) is 0.0223. The third-order valence-electron chi connectivity index (χ3n) is 4.35. The molecular formula is C19H17ClF2N2O2. The Kier molecular flexibility index (Phi) is 5.52. The summed E-state index contributed by atoms with van der Waals surface area (Å²) in [5.74, 6) is -1.25. The largest absolute Gasteiger partial charge is 0.339 e. The van der Waals surface area contributed by atoms with Crippen molar-refractivity contribution in [3.05, 3.63) is 70.2 Å². The van der Waals surface area contributed by atoms with Crippen molar-refractivity contribution in [2.24, 2.45) is 0 Å². The van der Waals surface area contributed by atoms with Gasteiger partial charge in [-0.2, -0.15) is 0 Å². The van der Waals surface area contributed by atoms with E-state index < -0.39 is 11.6 Å². The fourth-order valence-corrected chi connectivity index (χ4v) is 2.99. The Morgan fingerprint density at radius 2 is 1.54 bits per heavy atom. The fourth-order valence-electron chi connectivity index (χ4n) is 2.87. The highest BCUT2D eigenvalue weighted by atomic mass is 35.5. The first-order valence-electron chi connectivity index (χ1n) is 8.20. The summed E-state index contributed by atoms with van der Waals surface area (Å²) in [6.07, 6.45) is 0.0833. The molecule has 1 heterocycles. The van der Waals surface area contributed by atoms with Gasteiger partial charge >= 0.3 is 0 Å². The van der Waals surface area contributed by atoms with Crippen LogP contribution in [0.1, 0.15) is 15.9 Å². The average molecular weight is 379 g/mol. The van der Waals surface area contributed by atoms with Gasteiger partial charge < -0.3 is 9.80 Å². The highest BCUT2D eigenvalue weighted by Crippen LogP contribution is 2.17. The predicted molar refractivity (Wildman–Crippen MR) is 94.0 cm³/mol. The van der Waals surface area contributed by atoms with Gasteiger partial charge in [-0.3, -0.25) is 9.59 Å². The van der Waals surface area contributed by atoms with E-state index in [1.807, 2.05) is 0 Å². The zero-order valence-electron chi connectivity index (χ0n) is 13.9. The van der Waals surface area contributed by atoms with Gasteiger partial charge in [0.2, 0.25) is 5.91 Å². The van der Waals surface area contributed by atoms with Crippen LogP contribution in [0.5, 0.6) is 0 Å². The lowest BCUT2D eigenvalue weighted by Crippen LogP contribution is -2.51. The molecule has 1 saturated heterocycles. The molecule has 2 aromatic rings. The van der Waals surface area contributed by atoms with Crippen LogP contribution < -0.4 is 0 Å². The summed E-state index contributed by atoms with van der Waals surface area (Å²) >= 11 is 5.64. The molecule has 0 radical (unpaired) electrons. The average Bonchev–Trinajstić information content (AvgIpc) is 2.65. The van der Waals surface area contributed by atoms with Crippen molar-refractivity contribution in [3.8, 4) is 0 Å². The number of benzene rings is 2. The molecule has 136 valence electrons. The van der Waals surface area contributed by atoms with E-state index in [0.29, 0.717) is 37.3 Å². The number of halogens is 3. The summed E-state index contributed by atoms with van der Waals surface area (Å²) < 4.78 is 26.4. The SMILES string of the molecule is O=C(Cc1ccc(Cl)c(F)c1)N1CCN(C(=O)c2ccc(F)cc2)CC1. The van der Waals surface area contributed by atoms with E-state index in [1.54, 1.807) is 15.9 Å². The molecule has 0 spiro atoms. The molecule has 0 bridgehead atoms. The molecule has 0 aromatic heterocycles. The highest BCUT2D eigenvalue weighted by Gasteiger charge is 2.25. The standard InChI is InChI=1S/C19H17ClF2N2O2/c20-16-6-1-13(11-17(16)22)12-18(25)23-7-9-24(10-8-23)19(26)14-2-4-15(21)5-3-14/h1-6,11H,7-10,12H2. The second-order valence-corrected chi connectivity index (χ2v) is 6.51. The van der Waals surface area contributed by atoms with Gasteiger partial charge in [-0.05, 0) is 42.0 Å². The second kappa shape index (κ2) is 7.83. The van der Waals surface area contributed by atoms with Crippen LogP contribution in [0, 0.1) is 11.6 Å². The van der Waals surface area contributed by atoms with Crippen molar-refractivity contribution in [2.45, 2.75) is 6.42 Å². The van der Waals surface area contributed by atoms with Crippen molar-refractivity contribution in [3.63, 3.8) is 0 Å². The topological polar surface area (TPSA) is 40.6 Å². The summed E-state index contributed by atoms with van der Waals surface area (Å²) in [6.45, 7) is 1.61. The number of hydrogen-bond acceptors (Lipinski definition) is 2. The van der Waals surface area contributed by atoms with E-state index in [-0.39, 0.29) is 23.3 Å². The number of hydrogen-bond donors (Lipinski definition) is 0. The molecular weight excluding hydrogens is 362 g/mol. The minimum atomic E-state index is -0.549. The van der Waals surface area contributed by atoms with Crippen molar-refractivity contribution >= 4 is 23.4 Å². The highest BCUT2D eigenvalue weighted by molar-refractivity contribution is 6.30. The Morgan fingerprint density at radius 1 is 0.923 bits per heavy atom. The third-order valence-corrected chi connectivity index (χ3v) is 4.66. The molecule has 3 rings (SSSR count). The minimum Gasteiger partial charge on any atom is -0.339 e. The molecule has 26 heavy (non-hydrogen) atoms. The van der Waals surface area contributed by atoms with E-state index in [2.05, 4.69) is 0 Å². The number of rotatable bonds is 3. The first kappa shape index (κ1) is 18.3. The monoisotopic (exact) mass is 378 g/mol. The first-order chi connectivity index (χ1) is 12.4. The quantitative estimate of drug-likeness (QED) is 0.823. The van der Waals surface area contributed by atoms with E-state index >= 15 is 0 Å². The lowest BCUT2D eigenvalue weighted by molar-refractivity contribution is -0.131. The van der Waals surface area contributed by atoms with Gasteiger partial charge in [0.15, 0.2) is 0 Å². The molecule has 0 atom stereocenters. The van der Waals surface area contributed by atoms with E-state index in [4.69, 9.17) is 11.6 Å². The molecule has 0 saturated carbocycles. The smallest absolute Gasteiger partial charge is 0.253 e. The number of amides is 2. The predicted octanol–water partition coefficient (Wildman–Crippen LogP) is 3.15. The van der Waals surface area contributed by atoms with E-state index in [0.717, 1.165) is 0 Å². The molecule has 0 N–H and O–H groups in total. The zero-order chi connectivity index (χ0) is 18.7. The molecule has 2 aromatic carbocycles. The van der Waals surface area contributed by atoms with Crippen LogP contribution in [0.4, 0.5) is 8.78 Å². The van der Waals surface area contributed by atoms with Gasteiger partial charge in [-0.15, -0.1) is 0 Å². The Morgan fingerprint density at radius 3 is 2.15 bits per heavy atom. The van der Waals surface area contributed by atoms with Gasteiger partial charge in [0.1, 0.15) is 11.6 Å². The van der Waals surface area contributed by atoms with Crippen LogP contribution in [-0.4, -0.2) is 47.8 Å². The lowest BCUT2D eigenvalue weighted by atomic mass is 10.1. The number of carbonyl (C=O) groups excluding carboxylic acids is 2. The Bertz CT molecular complexity index is 819. The van der Waals surface area contributed by atoms with Crippen molar-refractivity contribution in [2.75, 3.05) is 26.2 Å². The van der Waals surface area contributed by atoms with Gasteiger partial charge in [0, 0.05) is 31.7 Å². The van der Waals surface area contributed by atoms with Gasteiger partial charge in [0.05, 0.1) is 11.4 Å². The zero-order valence-corrected chi connectivity index (χ0v) is 14.7. The van der Waals surface area contributed by atoms with Crippen molar-refractivity contribution in [1.82, 2.24) is 9.80 Å². The molecule has 1 fully saturated rings. The number of carbonyl (C=O) groups is 2. The first-order valence-corrected chi connectivity index (χ1v) is 8.58. The summed E-state index contributed by atoms with van der Waals surface area (Å²) in [4.78, 5) is 28.1. The fraction of sp³-hybridized carbons (Fsp3) is 0.263. The molecule has 0 unspecified atom stereocenters. The van der Waals surface area contributed by atoms with Gasteiger partial charge in [-0.1, -0.05) is 17.7 Å². The molecule has 4 nitrogen and oxygen atoms in total. The van der Waals surface area contributed by atoms with E-state index in [9.17, 15) is 18.4 Å². The van der Waals surface area contributed by atoms with Crippen LogP contribution in [0.25, 0.3) is 0 Å². The Hall–Kier alpha value is -2.47. The van der Waals surface area contributed by atoms with Gasteiger partial charge in [0.25, 0.3) is 5.91 Å². The molecule has 0 aliphatic carbocycles. The maximum Gasteiger partial charge on any atom is 0.253 e. The summed E-state index contributed by atoms with van der Waals surface area (Å²) in [5.41, 5.74) is 0.976. The minimum absolute atomic E-state index is 0.0223. The Labute approximate surface area is 155 Å². The lowest BCUT2D eigenvalue weighted by Gasteiger charge is -2.35. The Balaban J connectivity index is 1.55.